The van der Waals surface area contributed by atoms with Crippen LogP contribution in [0.4, 0.5) is 5.95 Å². The average molecular weight is 204 g/mol. The number of rotatable bonds is 5. The van der Waals surface area contributed by atoms with E-state index in [9.17, 15) is 0 Å². The highest BCUT2D eigenvalue weighted by Gasteiger charge is 1.97. The topological polar surface area (TPSA) is 61.6 Å². The molecule has 0 aliphatic rings. The maximum Gasteiger partial charge on any atom is 0.223 e. The van der Waals surface area contributed by atoms with E-state index in [0.717, 1.165) is 30.8 Å². The molecule has 0 spiro atoms. The van der Waals surface area contributed by atoms with Gasteiger partial charge in [-0.1, -0.05) is 0 Å². The van der Waals surface area contributed by atoms with Crippen molar-refractivity contribution in [1.82, 2.24) is 9.97 Å². The Bertz CT molecular complexity index is 334. The van der Waals surface area contributed by atoms with Crippen LogP contribution in [0, 0.1) is 25.2 Å². The van der Waals surface area contributed by atoms with Gasteiger partial charge in [0.1, 0.15) is 0 Å². The summed E-state index contributed by atoms with van der Waals surface area (Å²) in [6, 6.07) is 4.07. The highest BCUT2D eigenvalue weighted by atomic mass is 15.1. The molecule has 1 aromatic heterocycles. The highest BCUT2D eigenvalue weighted by molar-refractivity contribution is 5.27. The van der Waals surface area contributed by atoms with E-state index in [1.807, 2.05) is 19.9 Å². The fourth-order valence-corrected chi connectivity index (χ4v) is 1.33. The van der Waals surface area contributed by atoms with Gasteiger partial charge >= 0.3 is 0 Å². The van der Waals surface area contributed by atoms with E-state index in [0.29, 0.717) is 12.4 Å². The van der Waals surface area contributed by atoms with Gasteiger partial charge in [-0.3, -0.25) is 0 Å². The first kappa shape index (κ1) is 11.4. The molecule has 0 aromatic carbocycles. The van der Waals surface area contributed by atoms with Crippen LogP contribution in [0.15, 0.2) is 6.07 Å². The lowest BCUT2D eigenvalue weighted by atomic mass is 10.2. The van der Waals surface area contributed by atoms with Crippen LogP contribution < -0.4 is 5.32 Å². The Hall–Kier alpha value is -1.63. The number of nitriles is 1. The standard InChI is InChI=1S/C11H16N4/c1-9-8-10(2)15-11(14-9)13-7-5-3-4-6-12/h8H,3-5,7H2,1-2H3,(H,13,14,15). The van der Waals surface area contributed by atoms with Crippen molar-refractivity contribution in [2.24, 2.45) is 0 Å². The Morgan fingerprint density at radius 1 is 1.27 bits per heavy atom. The lowest BCUT2D eigenvalue weighted by Gasteiger charge is -2.05. The first-order valence-electron chi connectivity index (χ1n) is 5.15. The molecule has 15 heavy (non-hydrogen) atoms. The lowest BCUT2D eigenvalue weighted by Crippen LogP contribution is -2.06. The molecule has 4 nitrogen and oxygen atoms in total. The van der Waals surface area contributed by atoms with Gasteiger partial charge in [0.2, 0.25) is 5.95 Å². The van der Waals surface area contributed by atoms with Crippen molar-refractivity contribution in [1.29, 1.82) is 5.26 Å². The number of anilines is 1. The molecular weight excluding hydrogens is 188 g/mol. The SMILES string of the molecule is Cc1cc(C)nc(NCCCCC#N)n1. The molecule has 0 radical (unpaired) electrons. The van der Waals surface area contributed by atoms with Crippen LogP contribution in [-0.4, -0.2) is 16.5 Å². The van der Waals surface area contributed by atoms with E-state index in [1.165, 1.54) is 0 Å². The molecule has 0 unspecified atom stereocenters. The molecule has 1 N–H and O–H groups in total. The maximum absolute atomic E-state index is 8.36. The number of nitrogens with zero attached hydrogens (tertiary/aromatic N) is 3. The molecule has 1 rings (SSSR count). The smallest absolute Gasteiger partial charge is 0.223 e. The Balaban J connectivity index is 2.34. The van der Waals surface area contributed by atoms with Crippen molar-refractivity contribution in [3.05, 3.63) is 17.5 Å². The first-order valence-corrected chi connectivity index (χ1v) is 5.15. The summed E-state index contributed by atoms with van der Waals surface area (Å²) in [5, 5.41) is 11.5. The average Bonchev–Trinajstić information content (AvgIpc) is 2.16. The van der Waals surface area contributed by atoms with Crippen molar-refractivity contribution >= 4 is 5.95 Å². The zero-order chi connectivity index (χ0) is 11.1. The number of nitrogens with one attached hydrogen (secondary N) is 1. The largest absolute Gasteiger partial charge is 0.354 e. The first-order chi connectivity index (χ1) is 7.22. The predicted octanol–water partition coefficient (Wildman–Crippen LogP) is 2.20. The van der Waals surface area contributed by atoms with Crippen molar-refractivity contribution in [3.8, 4) is 6.07 Å². The summed E-state index contributed by atoms with van der Waals surface area (Å²) in [4.78, 5) is 8.53. The van der Waals surface area contributed by atoms with E-state index >= 15 is 0 Å². The van der Waals surface area contributed by atoms with Gasteiger partial charge in [-0.05, 0) is 32.8 Å². The third-order valence-electron chi connectivity index (χ3n) is 1.98. The predicted molar refractivity (Wildman–Crippen MR) is 59.5 cm³/mol. The van der Waals surface area contributed by atoms with E-state index in [4.69, 9.17) is 5.26 Å². The van der Waals surface area contributed by atoms with Crippen LogP contribution >= 0.6 is 0 Å². The summed E-state index contributed by atoms with van der Waals surface area (Å²) in [5.41, 5.74) is 1.95. The molecular formula is C11H16N4. The second-order valence-corrected chi connectivity index (χ2v) is 3.52. The molecule has 0 aliphatic carbocycles. The Kier molecular flexibility index (Phi) is 4.55. The van der Waals surface area contributed by atoms with Gasteiger partial charge in [0, 0.05) is 24.4 Å². The summed E-state index contributed by atoms with van der Waals surface area (Å²) >= 11 is 0. The van der Waals surface area contributed by atoms with Gasteiger partial charge < -0.3 is 5.32 Å². The zero-order valence-electron chi connectivity index (χ0n) is 9.25. The van der Waals surface area contributed by atoms with Crippen molar-refractivity contribution in [2.45, 2.75) is 33.1 Å². The molecule has 0 aliphatic heterocycles. The van der Waals surface area contributed by atoms with Gasteiger partial charge in [0.15, 0.2) is 0 Å². The molecule has 0 saturated carbocycles. The third kappa shape index (κ3) is 4.41. The van der Waals surface area contributed by atoms with Gasteiger partial charge in [-0.2, -0.15) is 5.26 Å². The highest BCUT2D eigenvalue weighted by Crippen LogP contribution is 2.04. The van der Waals surface area contributed by atoms with Crippen molar-refractivity contribution in [3.63, 3.8) is 0 Å². The zero-order valence-corrected chi connectivity index (χ0v) is 9.25. The minimum Gasteiger partial charge on any atom is -0.354 e. The minimum atomic E-state index is 0.620. The van der Waals surface area contributed by atoms with Crippen LogP contribution in [0.3, 0.4) is 0 Å². The van der Waals surface area contributed by atoms with Crippen LogP contribution in [0.2, 0.25) is 0 Å². The van der Waals surface area contributed by atoms with E-state index in [-0.39, 0.29) is 0 Å². The number of hydrogen-bond donors (Lipinski definition) is 1. The molecule has 0 amide bonds. The second-order valence-electron chi connectivity index (χ2n) is 3.52. The molecule has 0 atom stereocenters. The van der Waals surface area contributed by atoms with Gasteiger partial charge in [-0.15, -0.1) is 0 Å². The Morgan fingerprint density at radius 2 is 1.93 bits per heavy atom. The van der Waals surface area contributed by atoms with Crippen molar-refractivity contribution < 1.29 is 0 Å². The summed E-state index contributed by atoms with van der Waals surface area (Å²) in [6.45, 7) is 4.73. The Labute approximate surface area is 90.4 Å². The van der Waals surface area contributed by atoms with Crippen LogP contribution in [-0.2, 0) is 0 Å². The lowest BCUT2D eigenvalue weighted by molar-refractivity contribution is 0.778. The molecule has 0 fully saturated rings. The minimum absolute atomic E-state index is 0.620. The van der Waals surface area contributed by atoms with Gasteiger partial charge in [0.05, 0.1) is 6.07 Å². The molecule has 0 bridgehead atoms. The quantitative estimate of drug-likeness (QED) is 0.747. The van der Waals surface area contributed by atoms with Crippen LogP contribution in [0.25, 0.3) is 0 Å². The Morgan fingerprint density at radius 3 is 2.53 bits per heavy atom. The fraction of sp³-hybridized carbons (Fsp3) is 0.545. The molecule has 0 saturated heterocycles. The van der Waals surface area contributed by atoms with E-state index in [1.54, 1.807) is 0 Å². The number of unbranched alkanes of at least 4 members (excludes halogenated alkanes) is 2. The van der Waals surface area contributed by atoms with Crippen molar-refractivity contribution in [2.75, 3.05) is 11.9 Å². The normalized spacial score (nSPS) is 9.67. The second kappa shape index (κ2) is 5.97. The summed E-state index contributed by atoms with van der Waals surface area (Å²) < 4.78 is 0. The van der Waals surface area contributed by atoms with Gasteiger partial charge in [-0.25, -0.2) is 9.97 Å². The fourth-order valence-electron chi connectivity index (χ4n) is 1.33. The van der Waals surface area contributed by atoms with E-state index in [2.05, 4.69) is 21.4 Å². The summed E-state index contributed by atoms with van der Waals surface area (Å²) in [7, 11) is 0. The molecule has 4 heteroatoms. The molecule has 1 aromatic rings. The summed E-state index contributed by atoms with van der Waals surface area (Å²) in [5.74, 6) is 0.685. The summed E-state index contributed by atoms with van der Waals surface area (Å²) in [6.07, 6.45) is 2.52. The number of aryl methyl sites for hydroxylation is 2. The molecule has 80 valence electrons. The number of hydrogen-bond acceptors (Lipinski definition) is 4. The monoisotopic (exact) mass is 204 g/mol. The van der Waals surface area contributed by atoms with Crippen LogP contribution in [0.5, 0.6) is 0 Å². The van der Waals surface area contributed by atoms with E-state index < -0.39 is 0 Å². The maximum atomic E-state index is 8.36. The van der Waals surface area contributed by atoms with Crippen LogP contribution in [0.1, 0.15) is 30.7 Å². The number of aromatic nitrogens is 2. The van der Waals surface area contributed by atoms with Gasteiger partial charge in [0.25, 0.3) is 0 Å². The third-order valence-corrected chi connectivity index (χ3v) is 1.98. The molecule has 1 heterocycles.